The number of aromatic nitrogens is 3. The number of nitrogens with one attached hydrogen (secondary N) is 2. The lowest BCUT2D eigenvalue weighted by Gasteiger charge is -2.09. The highest BCUT2D eigenvalue weighted by Gasteiger charge is 2.12. The van der Waals surface area contributed by atoms with Crippen LogP contribution in [-0.4, -0.2) is 21.1 Å². The van der Waals surface area contributed by atoms with Gasteiger partial charge < -0.3 is 5.32 Å². The molecule has 0 fully saturated rings. The fourth-order valence-electron chi connectivity index (χ4n) is 1.99. The van der Waals surface area contributed by atoms with Gasteiger partial charge in [-0.25, -0.2) is 0 Å². The van der Waals surface area contributed by atoms with Crippen LogP contribution in [0.1, 0.15) is 15.9 Å². The zero-order valence-corrected chi connectivity index (χ0v) is 12.2. The number of carbonyl (C=O) groups is 1. The second-order valence-electron chi connectivity index (χ2n) is 4.43. The average molecular weight is 331 g/mol. The second-order valence-corrected chi connectivity index (χ2v) is 5.29. The van der Waals surface area contributed by atoms with Crippen LogP contribution in [0.25, 0.3) is 10.9 Å². The number of amides is 1. The van der Waals surface area contributed by atoms with Crippen LogP contribution < -0.4 is 5.32 Å². The summed E-state index contributed by atoms with van der Waals surface area (Å²) in [5.41, 5.74) is 3.18. The molecule has 1 aromatic carbocycles. The number of carbonyl (C=O) groups excluding carboxylic acids is 1. The molecule has 0 aliphatic heterocycles. The van der Waals surface area contributed by atoms with Crippen LogP contribution in [0.3, 0.4) is 0 Å². The first-order valence-corrected chi connectivity index (χ1v) is 6.79. The minimum atomic E-state index is -0.179. The van der Waals surface area contributed by atoms with Crippen LogP contribution in [0.4, 0.5) is 5.69 Å². The van der Waals surface area contributed by atoms with Crippen molar-refractivity contribution in [1.82, 2.24) is 15.2 Å². The molecule has 3 rings (SSSR count). The Hall–Kier alpha value is -2.21. The van der Waals surface area contributed by atoms with Gasteiger partial charge in [-0.2, -0.15) is 5.10 Å². The van der Waals surface area contributed by atoms with E-state index in [9.17, 15) is 4.79 Å². The molecular formula is C14H11BrN4O. The van der Waals surface area contributed by atoms with E-state index in [1.165, 1.54) is 0 Å². The van der Waals surface area contributed by atoms with Gasteiger partial charge in [-0.1, -0.05) is 0 Å². The zero-order valence-electron chi connectivity index (χ0n) is 10.6. The van der Waals surface area contributed by atoms with E-state index in [0.29, 0.717) is 10.0 Å². The molecule has 1 amide bonds. The van der Waals surface area contributed by atoms with Gasteiger partial charge in [0.05, 0.1) is 17.3 Å². The summed E-state index contributed by atoms with van der Waals surface area (Å²) in [4.78, 5) is 16.2. The van der Waals surface area contributed by atoms with Gasteiger partial charge in [0.15, 0.2) is 0 Å². The molecule has 2 heterocycles. The predicted octanol–water partition coefficient (Wildman–Crippen LogP) is 3.28. The Balaban J connectivity index is 1.95. The molecule has 0 aliphatic carbocycles. The van der Waals surface area contributed by atoms with Gasteiger partial charge >= 0.3 is 0 Å². The molecule has 0 spiro atoms. The Morgan fingerprint density at radius 2 is 2.20 bits per heavy atom. The molecule has 2 N–H and O–H groups in total. The first kappa shape index (κ1) is 12.8. The predicted molar refractivity (Wildman–Crippen MR) is 80.7 cm³/mol. The van der Waals surface area contributed by atoms with Crippen molar-refractivity contribution in [2.24, 2.45) is 0 Å². The topological polar surface area (TPSA) is 70.7 Å². The van der Waals surface area contributed by atoms with Crippen LogP contribution in [0.15, 0.2) is 41.3 Å². The van der Waals surface area contributed by atoms with Crippen LogP contribution in [0, 0.1) is 6.92 Å². The second kappa shape index (κ2) is 5.05. The van der Waals surface area contributed by atoms with Gasteiger partial charge in [-0.3, -0.25) is 14.9 Å². The maximum atomic E-state index is 12.3. The van der Waals surface area contributed by atoms with Crippen molar-refractivity contribution in [1.29, 1.82) is 0 Å². The summed E-state index contributed by atoms with van der Waals surface area (Å²) in [6.45, 7) is 1.95. The molecule has 20 heavy (non-hydrogen) atoms. The van der Waals surface area contributed by atoms with Gasteiger partial charge in [0.1, 0.15) is 0 Å². The van der Waals surface area contributed by atoms with E-state index < -0.39 is 0 Å². The molecule has 0 aliphatic rings. The first-order chi connectivity index (χ1) is 9.65. The fourth-order valence-corrected chi connectivity index (χ4v) is 2.42. The van der Waals surface area contributed by atoms with Crippen molar-refractivity contribution < 1.29 is 4.79 Å². The quantitative estimate of drug-likeness (QED) is 0.757. The van der Waals surface area contributed by atoms with Crippen LogP contribution >= 0.6 is 15.9 Å². The maximum absolute atomic E-state index is 12.3. The van der Waals surface area contributed by atoms with Crippen molar-refractivity contribution in [3.63, 3.8) is 0 Å². The third kappa shape index (κ3) is 2.30. The normalized spacial score (nSPS) is 10.7. The summed E-state index contributed by atoms with van der Waals surface area (Å²) >= 11 is 3.32. The number of fused-ring (bicyclic) bond motifs is 1. The maximum Gasteiger partial charge on any atom is 0.256 e. The van der Waals surface area contributed by atoms with Gasteiger partial charge in [-0.15, -0.1) is 0 Å². The molecule has 2 aromatic heterocycles. The number of benzene rings is 1. The lowest BCUT2D eigenvalue weighted by atomic mass is 10.1. The van der Waals surface area contributed by atoms with E-state index in [0.717, 1.165) is 22.2 Å². The summed E-state index contributed by atoms with van der Waals surface area (Å²) < 4.78 is 0.665. The fraction of sp³-hybridized carbons (Fsp3) is 0.0714. The molecule has 100 valence electrons. The number of aromatic amines is 1. The zero-order chi connectivity index (χ0) is 14.1. The van der Waals surface area contributed by atoms with Crippen LogP contribution in [-0.2, 0) is 0 Å². The van der Waals surface area contributed by atoms with Crippen molar-refractivity contribution in [3.05, 3.63) is 52.4 Å². The molecule has 6 heteroatoms. The number of halogens is 1. The third-order valence-corrected chi connectivity index (χ3v) is 3.68. The number of pyridine rings is 1. The van der Waals surface area contributed by atoms with Crippen LogP contribution in [0.2, 0.25) is 0 Å². The number of anilines is 1. The summed E-state index contributed by atoms with van der Waals surface area (Å²) in [6.07, 6.45) is 4.94. The molecule has 0 unspecified atom stereocenters. The molecule has 0 radical (unpaired) electrons. The van der Waals surface area contributed by atoms with Gasteiger partial charge in [-0.05, 0) is 46.6 Å². The van der Waals surface area contributed by atoms with E-state index in [1.807, 2.05) is 19.1 Å². The summed E-state index contributed by atoms with van der Waals surface area (Å²) in [7, 11) is 0. The smallest absolute Gasteiger partial charge is 0.256 e. The monoisotopic (exact) mass is 330 g/mol. The molecule has 0 saturated carbocycles. The highest BCUT2D eigenvalue weighted by molar-refractivity contribution is 9.10. The molecule has 0 bridgehead atoms. The Morgan fingerprint density at radius 3 is 3.00 bits per heavy atom. The molecule has 0 atom stereocenters. The highest BCUT2D eigenvalue weighted by atomic mass is 79.9. The highest BCUT2D eigenvalue weighted by Crippen LogP contribution is 2.23. The largest absolute Gasteiger partial charge is 0.322 e. The number of aryl methyl sites for hydroxylation is 1. The van der Waals surface area contributed by atoms with E-state index in [2.05, 4.69) is 36.4 Å². The molecule has 3 aromatic rings. The molecular weight excluding hydrogens is 320 g/mol. The van der Waals surface area contributed by atoms with E-state index in [4.69, 9.17) is 0 Å². The van der Waals surface area contributed by atoms with Crippen molar-refractivity contribution in [2.45, 2.75) is 6.92 Å². The van der Waals surface area contributed by atoms with Crippen molar-refractivity contribution >= 4 is 38.4 Å². The van der Waals surface area contributed by atoms with Gasteiger partial charge in [0.2, 0.25) is 0 Å². The first-order valence-electron chi connectivity index (χ1n) is 6.00. The number of nitrogens with zero attached hydrogens (tertiary/aromatic N) is 2. The SMILES string of the molecule is Cc1cc2cn[nH]c2cc1NC(=O)c1ccncc1Br. The summed E-state index contributed by atoms with van der Waals surface area (Å²) in [5, 5.41) is 10.8. The van der Waals surface area contributed by atoms with Crippen molar-refractivity contribution in [2.75, 3.05) is 5.32 Å². The average Bonchev–Trinajstić information content (AvgIpc) is 2.86. The third-order valence-electron chi connectivity index (χ3n) is 3.05. The summed E-state index contributed by atoms with van der Waals surface area (Å²) in [6, 6.07) is 5.53. The minimum Gasteiger partial charge on any atom is -0.322 e. The number of H-pyrrole nitrogens is 1. The van der Waals surface area contributed by atoms with E-state index >= 15 is 0 Å². The molecule has 5 nitrogen and oxygen atoms in total. The lowest BCUT2D eigenvalue weighted by Crippen LogP contribution is -2.13. The Morgan fingerprint density at radius 1 is 1.35 bits per heavy atom. The Labute approximate surface area is 123 Å². The van der Waals surface area contributed by atoms with Crippen molar-refractivity contribution in [3.8, 4) is 0 Å². The van der Waals surface area contributed by atoms with E-state index in [1.54, 1.807) is 24.7 Å². The van der Waals surface area contributed by atoms with E-state index in [-0.39, 0.29) is 5.91 Å². The number of rotatable bonds is 2. The number of hydrogen-bond acceptors (Lipinski definition) is 3. The number of hydrogen-bond donors (Lipinski definition) is 2. The minimum absolute atomic E-state index is 0.179. The standard InChI is InChI=1S/C14H11BrN4O/c1-8-4-9-6-17-19-13(9)5-12(8)18-14(20)10-2-3-16-7-11(10)15/h2-7H,1H3,(H,17,19)(H,18,20). The van der Waals surface area contributed by atoms with Crippen LogP contribution in [0.5, 0.6) is 0 Å². The van der Waals surface area contributed by atoms with Gasteiger partial charge in [0.25, 0.3) is 5.91 Å². The summed E-state index contributed by atoms with van der Waals surface area (Å²) in [5.74, 6) is -0.179. The Kier molecular flexibility index (Phi) is 3.23. The van der Waals surface area contributed by atoms with Gasteiger partial charge in [0, 0.05) is 27.9 Å². The molecule has 0 saturated heterocycles. The Bertz CT molecular complexity index is 797. The lowest BCUT2D eigenvalue weighted by molar-refractivity contribution is 0.102.